The predicted molar refractivity (Wildman–Crippen MR) is 217 cm³/mol. The zero-order valence-corrected chi connectivity index (χ0v) is 34.7. The normalized spacial score (nSPS) is 14.1. The van der Waals surface area contributed by atoms with E-state index in [9.17, 15) is 23.8 Å². The Hall–Kier alpha value is -2.30. The SMILES string of the molecule is CCCC/C=C\CCCCCCCC(=O)OC[C@H](COP(=O)(O)OC[C@H](N)C(=O)O)OC(=O)CCCCCCCCCCC/C=C\C/C=C\CCCCC. The summed E-state index contributed by atoms with van der Waals surface area (Å²) in [6.07, 6.45) is 39.2. The number of hydrogen-bond donors (Lipinski definition) is 3. The molecule has 0 heterocycles. The Labute approximate surface area is 327 Å². The molecule has 0 spiro atoms. The summed E-state index contributed by atoms with van der Waals surface area (Å²) in [5.41, 5.74) is 5.32. The molecule has 12 heteroatoms. The molecule has 0 rings (SSSR count). The van der Waals surface area contributed by atoms with Crippen molar-refractivity contribution in [1.82, 2.24) is 0 Å². The molecular formula is C42H76NO10P. The molecule has 0 amide bonds. The molecule has 3 atom stereocenters. The number of nitrogens with two attached hydrogens (primary N) is 1. The number of carbonyl (C=O) groups excluding carboxylic acids is 2. The number of hydrogen-bond acceptors (Lipinski definition) is 9. The standard InChI is InChI=1S/C42H76NO10P/c1-3-5-7-9-11-13-15-16-17-18-19-20-21-22-24-26-28-30-32-34-41(45)53-38(36-51-54(48,49)52-37-39(43)42(46)47)35-50-40(44)33-31-29-27-25-23-14-12-10-8-6-4-2/h10-13,16-17,38-39H,3-9,14-15,18-37,43H2,1-2H3,(H,46,47)(H,48,49)/b12-10-,13-11-,17-16-/t38-,39+/m1/s1. The quantitative estimate of drug-likeness (QED) is 0.0234. The van der Waals surface area contributed by atoms with Crippen LogP contribution in [0, 0.1) is 0 Å². The molecule has 0 saturated heterocycles. The monoisotopic (exact) mass is 786 g/mol. The third-order valence-electron chi connectivity index (χ3n) is 8.86. The van der Waals surface area contributed by atoms with E-state index in [2.05, 4.69) is 54.8 Å². The second-order valence-corrected chi connectivity index (χ2v) is 15.6. The molecule has 0 aliphatic carbocycles. The van der Waals surface area contributed by atoms with Gasteiger partial charge in [-0.2, -0.15) is 0 Å². The van der Waals surface area contributed by atoms with Crippen molar-refractivity contribution in [3.8, 4) is 0 Å². The number of allylic oxidation sites excluding steroid dienone is 6. The molecule has 314 valence electrons. The fraction of sp³-hybridized carbons (Fsp3) is 0.786. The van der Waals surface area contributed by atoms with E-state index in [4.69, 9.17) is 24.8 Å². The molecule has 4 N–H and O–H groups in total. The average Bonchev–Trinajstić information content (AvgIpc) is 3.14. The van der Waals surface area contributed by atoms with Gasteiger partial charge in [-0.3, -0.25) is 23.4 Å². The van der Waals surface area contributed by atoms with Crippen molar-refractivity contribution in [2.75, 3.05) is 19.8 Å². The minimum Gasteiger partial charge on any atom is -0.480 e. The van der Waals surface area contributed by atoms with Gasteiger partial charge in [-0.05, 0) is 64.2 Å². The summed E-state index contributed by atoms with van der Waals surface area (Å²) in [6, 6.07) is -1.52. The lowest BCUT2D eigenvalue weighted by molar-refractivity contribution is -0.161. The lowest BCUT2D eigenvalue weighted by Gasteiger charge is -2.20. The van der Waals surface area contributed by atoms with Crippen molar-refractivity contribution in [1.29, 1.82) is 0 Å². The molecule has 0 saturated carbocycles. The fourth-order valence-corrected chi connectivity index (χ4v) is 6.26. The van der Waals surface area contributed by atoms with Crippen LogP contribution in [0.4, 0.5) is 0 Å². The molecule has 0 radical (unpaired) electrons. The van der Waals surface area contributed by atoms with E-state index < -0.39 is 51.1 Å². The summed E-state index contributed by atoms with van der Waals surface area (Å²) in [7, 11) is -4.71. The molecule has 0 aromatic carbocycles. The van der Waals surface area contributed by atoms with E-state index in [1.807, 2.05) is 0 Å². The van der Waals surface area contributed by atoms with Gasteiger partial charge in [-0.1, -0.05) is 140 Å². The maximum atomic E-state index is 12.6. The molecule has 11 nitrogen and oxygen atoms in total. The lowest BCUT2D eigenvalue weighted by Crippen LogP contribution is -2.34. The molecule has 0 aliphatic rings. The molecule has 0 bridgehead atoms. The highest BCUT2D eigenvalue weighted by molar-refractivity contribution is 7.47. The zero-order valence-electron chi connectivity index (χ0n) is 33.8. The molecule has 0 aliphatic heterocycles. The second-order valence-electron chi connectivity index (χ2n) is 14.1. The van der Waals surface area contributed by atoms with Gasteiger partial charge in [0.25, 0.3) is 0 Å². The van der Waals surface area contributed by atoms with Crippen molar-refractivity contribution in [3.05, 3.63) is 36.5 Å². The van der Waals surface area contributed by atoms with Gasteiger partial charge in [-0.15, -0.1) is 0 Å². The van der Waals surface area contributed by atoms with Gasteiger partial charge in [0.15, 0.2) is 6.10 Å². The Kier molecular flexibility index (Phi) is 36.0. The van der Waals surface area contributed by atoms with E-state index >= 15 is 0 Å². The van der Waals surface area contributed by atoms with Gasteiger partial charge in [0, 0.05) is 12.8 Å². The summed E-state index contributed by atoms with van der Waals surface area (Å²) < 4.78 is 32.6. The van der Waals surface area contributed by atoms with Crippen LogP contribution >= 0.6 is 7.82 Å². The molecule has 0 fully saturated rings. The fourth-order valence-electron chi connectivity index (χ4n) is 5.49. The van der Waals surface area contributed by atoms with Crippen LogP contribution in [-0.2, 0) is 37.5 Å². The van der Waals surface area contributed by atoms with Gasteiger partial charge in [0.2, 0.25) is 0 Å². The number of phosphoric acid groups is 1. The van der Waals surface area contributed by atoms with Gasteiger partial charge >= 0.3 is 25.7 Å². The summed E-state index contributed by atoms with van der Waals surface area (Å²) >= 11 is 0. The average molecular weight is 786 g/mol. The minimum atomic E-state index is -4.71. The molecule has 54 heavy (non-hydrogen) atoms. The second kappa shape index (κ2) is 37.6. The number of carboxylic acids is 1. The maximum absolute atomic E-state index is 12.6. The maximum Gasteiger partial charge on any atom is 0.472 e. The third kappa shape index (κ3) is 36.7. The number of rotatable bonds is 39. The highest BCUT2D eigenvalue weighted by Crippen LogP contribution is 2.43. The first-order valence-corrected chi connectivity index (χ1v) is 22.5. The van der Waals surface area contributed by atoms with Gasteiger partial charge in [0.1, 0.15) is 12.6 Å². The molecule has 0 aromatic rings. The Morgan fingerprint density at radius 1 is 0.574 bits per heavy atom. The topological polar surface area (TPSA) is 172 Å². The Morgan fingerprint density at radius 3 is 1.52 bits per heavy atom. The lowest BCUT2D eigenvalue weighted by atomic mass is 10.1. The summed E-state index contributed by atoms with van der Waals surface area (Å²) in [4.78, 5) is 45.8. The van der Waals surface area contributed by atoms with E-state index in [1.165, 1.54) is 70.6 Å². The third-order valence-corrected chi connectivity index (χ3v) is 9.81. The number of carbonyl (C=O) groups is 3. The van der Waals surface area contributed by atoms with Gasteiger partial charge < -0.3 is 25.2 Å². The number of ether oxygens (including phenoxy) is 2. The van der Waals surface area contributed by atoms with Crippen LogP contribution in [0.15, 0.2) is 36.5 Å². The Morgan fingerprint density at radius 2 is 1.00 bits per heavy atom. The van der Waals surface area contributed by atoms with Crippen molar-refractivity contribution in [3.63, 3.8) is 0 Å². The Balaban J connectivity index is 4.35. The highest BCUT2D eigenvalue weighted by atomic mass is 31.2. The molecule has 1 unspecified atom stereocenters. The van der Waals surface area contributed by atoms with Crippen LogP contribution < -0.4 is 5.73 Å². The first kappa shape index (κ1) is 51.7. The number of carboxylic acid groups (broad SMARTS) is 1. The van der Waals surface area contributed by atoms with Crippen LogP contribution in [0.3, 0.4) is 0 Å². The number of unbranched alkanes of at least 4 members (excludes halogenated alkanes) is 19. The van der Waals surface area contributed by atoms with Crippen LogP contribution in [0.1, 0.15) is 181 Å². The largest absolute Gasteiger partial charge is 0.480 e. The minimum absolute atomic E-state index is 0.155. The Bertz CT molecular complexity index is 1060. The van der Waals surface area contributed by atoms with Crippen LogP contribution in [-0.4, -0.2) is 59.9 Å². The zero-order chi connectivity index (χ0) is 40.0. The van der Waals surface area contributed by atoms with Crippen molar-refractivity contribution < 1.29 is 47.5 Å². The van der Waals surface area contributed by atoms with Crippen LogP contribution in [0.25, 0.3) is 0 Å². The van der Waals surface area contributed by atoms with E-state index in [0.717, 1.165) is 70.6 Å². The number of esters is 2. The molecule has 0 aromatic heterocycles. The predicted octanol–water partition coefficient (Wildman–Crippen LogP) is 10.8. The first-order valence-electron chi connectivity index (χ1n) is 21.0. The van der Waals surface area contributed by atoms with E-state index in [0.29, 0.717) is 12.8 Å². The van der Waals surface area contributed by atoms with Crippen molar-refractivity contribution in [2.45, 2.75) is 193 Å². The number of aliphatic carboxylic acids is 1. The summed E-state index contributed by atoms with van der Waals surface area (Å²) in [6.45, 7) is 2.72. The van der Waals surface area contributed by atoms with Crippen LogP contribution in [0.5, 0.6) is 0 Å². The van der Waals surface area contributed by atoms with Gasteiger partial charge in [-0.25, -0.2) is 4.57 Å². The van der Waals surface area contributed by atoms with Crippen molar-refractivity contribution >= 4 is 25.7 Å². The smallest absolute Gasteiger partial charge is 0.472 e. The molecular weight excluding hydrogens is 709 g/mol. The number of phosphoric ester groups is 1. The van der Waals surface area contributed by atoms with Crippen LogP contribution in [0.2, 0.25) is 0 Å². The summed E-state index contributed by atoms with van der Waals surface area (Å²) in [5, 5.41) is 8.87. The van der Waals surface area contributed by atoms with E-state index in [1.54, 1.807) is 0 Å². The first-order chi connectivity index (χ1) is 26.1. The van der Waals surface area contributed by atoms with E-state index in [-0.39, 0.29) is 19.4 Å². The highest BCUT2D eigenvalue weighted by Gasteiger charge is 2.28. The van der Waals surface area contributed by atoms with Gasteiger partial charge in [0.05, 0.1) is 13.2 Å². The summed E-state index contributed by atoms with van der Waals surface area (Å²) in [5.74, 6) is -2.40. The van der Waals surface area contributed by atoms with Crippen molar-refractivity contribution in [2.24, 2.45) is 5.73 Å².